The maximum Gasteiger partial charge on any atom is 0.222 e. The molecule has 0 aromatic carbocycles. The summed E-state index contributed by atoms with van der Waals surface area (Å²) in [7, 11) is 1.87. The molecule has 0 radical (unpaired) electrons. The third kappa shape index (κ3) is 4.19. The molecule has 4 heterocycles. The van der Waals surface area contributed by atoms with Crippen molar-refractivity contribution in [3.05, 3.63) is 30.7 Å². The van der Waals surface area contributed by atoms with Gasteiger partial charge >= 0.3 is 0 Å². The summed E-state index contributed by atoms with van der Waals surface area (Å²) in [4.78, 5) is 25.0. The van der Waals surface area contributed by atoms with Crippen molar-refractivity contribution in [1.82, 2.24) is 24.6 Å². The predicted octanol–water partition coefficient (Wildman–Crippen LogP) is 2.08. The number of piperazine rings is 1. The molecule has 0 saturated carbocycles. The van der Waals surface area contributed by atoms with E-state index in [2.05, 4.69) is 31.3 Å². The Labute approximate surface area is 168 Å². The van der Waals surface area contributed by atoms with Crippen LogP contribution in [0.25, 0.3) is 22.2 Å². The van der Waals surface area contributed by atoms with Crippen LogP contribution in [0, 0.1) is 0 Å². The summed E-state index contributed by atoms with van der Waals surface area (Å²) in [6.45, 7) is 4.85. The zero-order chi connectivity index (χ0) is 20.4. The number of halogens is 1. The Morgan fingerprint density at radius 1 is 1.21 bits per heavy atom. The normalized spacial score (nSPS) is 15.1. The van der Waals surface area contributed by atoms with E-state index in [1.807, 2.05) is 13.2 Å². The summed E-state index contributed by atoms with van der Waals surface area (Å²) >= 11 is 0. The minimum absolute atomic E-state index is 0.174. The summed E-state index contributed by atoms with van der Waals surface area (Å²) in [5, 5.41) is 7.89. The molecule has 0 unspecified atom stereocenters. The molecule has 8 nitrogen and oxygen atoms in total. The van der Waals surface area contributed by atoms with Crippen LogP contribution in [0.3, 0.4) is 0 Å². The Balaban J connectivity index is 1.74. The molecule has 29 heavy (non-hydrogen) atoms. The molecule has 0 bridgehead atoms. The van der Waals surface area contributed by atoms with Crippen molar-refractivity contribution in [3.63, 3.8) is 0 Å². The molecular weight excluding hydrogens is 373 g/mol. The van der Waals surface area contributed by atoms with E-state index in [-0.39, 0.29) is 12.6 Å². The Kier molecular flexibility index (Phi) is 5.39. The minimum atomic E-state index is -0.319. The molecule has 0 atom stereocenters. The molecule has 1 amide bonds. The summed E-state index contributed by atoms with van der Waals surface area (Å²) in [6.07, 6.45) is 5.46. The number of fused-ring (bicyclic) bond motifs is 1. The number of alkyl halides is 1. The van der Waals surface area contributed by atoms with E-state index in [9.17, 15) is 9.18 Å². The maximum atomic E-state index is 12.7. The van der Waals surface area contributed by atoms with Crippen LogP contribution in [-0.4, -0.2) is 70.0 Å². The molecule has 3 aromatic rings. The fourth-order valence-corrected chi connectivity index (χ4v) is 3.63. The van der Waals surface area contributed by atoms with Crippen LogP contribution in [0.15, 0.2) is 30.7 Å². The number of pyridine rings is 2. The highest BCUT2D eigenvalue weighted by molar-refractivity contribution is 5.93. The molecule has 152 valence electrons. The third-order valence-electron chi connectivity index (χ3n) is 5.08. The smallest absolute Gasteiger partial charge is 0.222 e. The van der Waals surface area contributed by atoms with E-state index in [0.29, 0.717) is 12.4 Å². The lowest BCUT2D eigenvalue weighted by Crippen LogP contribution is -2.47. The van der Waals surface area contributed by atoms with Gasteiger partial charge in [0, 0.05) is 76.1 Å². The third-order valence-corrected chi connectivity index (χ3v) is 5.08. The predicted molar refractivity (Wildman–Crippen MR) is 111 cm³/mol. The first-order chi connectivity index (χ1) is 14.0. The lowest BCUT2D eigenvalue weighted by atomic mass is 10.1. The van der Waals surface area contributed by atoms with Gasteiger partial charge in [-0.15, -0.1) is 0 Å². The number of aryl methyl sites for hydroxylation is 1. The first kappa shape index (κ1) is 19.3. The Morgan fingerprint density at radius 3 is 2.66 bits per heavy atom. The van der Waals surface area contributed by atoms with Gasteiger partial charge in [-0.25, -0.2) is 14.4 Å². The number of rotatable bonds is 5. The van der Waals surface area contributed by atoms with E-state index in [4.69, 9.17) is 4.98 Å². The van der Waals surface area contributed by atoms with Crippen LogP contribution in [-0.2, 0) is 11.8 Å². The average Bonchev–Trinajstić information content (AvgIpc) is 3.13. The van der Waals surface area contributed by atoms with Gasteiger partial charge in [0.15, 0.2) is 0 Å². The molecule has 0 aliphatic carbocycles. The number of carbonyl (C=O) groups is 1. The van der Waals surface area contributed by atoms with Crippen LogP contribution in [0.4, 0.5) is 15.9 Å². The maximum absolute atomic E-state index is 12.7. The lowest BCUT2D eigenvalue weighted by molar-refractivity contribution is -0.114. The first-order valence-corrected chi connectivity index (χ1v) is 9.64. The van der Waals surface area contributed by atoms with Gasteiger partial charge in [0.25, 0.3) is 0 Å². The monoisotopic (exact) mass is 397 g/mol. The van der Waals surface area contributed by atoms with Crippen molar-refractivity contribution >= 4 is 28.3 Å². The van der Waals surface area contributed by atoms with Gasteiger partial charge in [-0.05, 0) is 6.07 Å². The van der Waals surface area contributed by atoms with Crippen molar-refractivity contribution in [1.29, 1.82) is 0 Å². The highest BCUT2D eigenvalue weighted by atomic mass is 19.1. The molecule has 1 aliphatic rings. The average molecular weight is 397 g/mol. The van der Waals surface area contributed by atoms with E-state index in [1.54, 1.807) is 23.1 Å². The van der Waals surface area contributed by atoms with Gasteiger partial charge in [0.05, 0.1) is 23.1 Å². The van der Waals surface area contributed by atoms with Gasteiger partial charge in [0.1, 0.15) is 12.5 Å². The Hall–Kier alpha value is -3.07. The van der Waals surface area contributed by atoms with Crippen molar-refractivity contribution < 1.29 is 9.18 Å². The molecule has 1 aliphatic heterocycles. The molecule has 1 N–H and O–H groups in total. The molecule has 4 rings (SSSR count). The quantitative estimate of drug-likeness (QED) is 0.710. The van der Waals surface area contributed by atoms with E-state index >= 15 is 0 Å². The van der Waals surface area contributed by atoms with Crippen LogP contribution < -0.4 is 10.2 Å². The van der Waals surface area contributed by atoms with Crippen LogP contribution in [0.1, 0.15) is 6.92 Å². The SMILES string of the molecule is CC(=O)Nc1cc2nc(-c3cnn(C)c3)c(N3CCN(CCF)CC3)cc2cn1. The van der Waals surface area contributed by atoms with Crippen molar-refractivity contribution in [3.8, 4) is 11.3 Å². The summed E-state index contributed by atoms with van der Waals surface area (Å²) in [5.74, 6) is 0.300. The standard InChI is InChI=1S/C20H24FN7O/c1-14(29)24-19-10-17-15(11-22-19)9-18(20(25-17)16-12-23-26(2)13-16)28-7-5-27(4-3-21)6-8-28/h9-13H,3-8H2,1-2H3,(H,22,24,29). The number of nitrogens with zero attached hydrogens (tertiary/aromatic N) is 6. The Morgan fingerprint density at radius 2 is 2.00 bits per heavy atom. The minimum Gasteiger partial charge on any atom is -0.367 e. The van der Waals surface area contributed by atoms with Crippen molar-refractivity contribution in [2.45, 2.75) is 6.92 Å². The second-order valence-electron chi connectivity index (χ2n) is 7.22. The van der Waals surface area contributed by atoms with E-state index < -0.39 is 0 Å². The zero-order valence-electron chi connectivity index (χ0n) is 16.6. The fourth-order valence-electron chi connectivity index (χ4n) is 3.63. The molecular formula is C20H24FN7O. The number of hydrogen-bond acceptors (Lipinski definition) is 6. The number of hydrogen-bond donors (Lipinski definition) is 1. The molecule has 3 aromatic heterocycles. The van der Waals surface area contributed by atoms with Gasteiger partial charge in [-0.2, -0.15) is 5.10 Å². The number of nitrogens with one attached hydrogen (secondary N) is 1. The lowest BCUT2D eigenvalue weighted by Gasteiger charge is -2.36. The summed E-state index contributed by atoms with van der Waals surface area (Å²) in [6, 6.07) is 3.86. The topological polar surface area (TPSA) is 79.2 Å². The largest absolute Gasteiger partial charge is 0.367 e. The molecule has 1 fully saturated rings. The number of aromatic nitrogens is 4. The van der Waals surface area contributed by atoms with Gasteiger partial charge in [-0.3, -0.25) is 14.4 Å². The molecule has 9 heteroatoms. The van der Waals surface area contributed by atoms with Gasteiger partial charge in [0.2, 0.25) is 5.91 Å². The number of anilines is 2. The highest BCUT2D eigenvalue weighted by Gasteiger charge is 2.22. The van der Waals surface area contributed by atoms with Crippen LogP contribution >= 0.6 is 0 Å². The fraction of sp³-hybridized carbons (Fsp3) is 0.400. The number of carbonyl (C=O) groups excluding carboxylic acids is 1. The van der Waals surface area contributed by atoms with Gasteiger partial charge < -0.3 is 10.2 Å². The molecule has 0 spiro atoms. The van der Waals surface area contributed by atoms with Crippen LogP contribution in [0.5, 0.6) is 0 Å². The summed E-state index contributed by atoms with van der Waals surface area (Å²) < 4.78 is 14.4. The van der Waals surface area contributed by atoms with E-state index in [1.165, 1.54) is 6.92 Å². The summed E-state index contributed by atoms with van der Waals surface area (Å²) in [5.41, 5.74) is 3.53. The second kappa shape index (κ2) is 8.12. The Bertz CT molecular complexity index is 1030. The number of amides is 1. The van der Waals surface area contributed by atoms with E-state index in [0.717, 1.165) is 54.0 Å². The molecule has 1 saturated heterocycles. The highest BCUT2D eigenvalue weighted by Crippen LogP contribution is 2.33. The van der Waals surface area contributed by atoms with Crippen molar-refractivity contribution in [2.24, 2.45) is 7.05 Å². The van der Waals surface area contributed by atoms with Crippen molar-refractivity contribution in [2.75, 3.05) is 49.6 Å². The first-order valence-electron chi connectivity index (χ1n) is 9.64. The zero-order valence-corrected chi connectivity index (χ0v) is 16.6. The second-order valence-corrected chi connectivity index (χ2v) is 7.22. The van der Waals surface area contributed by atoms with Gasteiger partial charge in [-0.1, -0.05) is 0 Å². The van der Waals surface area contributed by atoms with Crippen LogP contribution in [0.2, 0.25) is 0 Å².